The van der Waals surface area contributed by atoms with Gasteiger partial charge in [-0.2, -0.15) is 0 Å². The molecule has 4 nitrogen and oxygen atoms in total. The standard InChI is InChI=1S/C17H19NO3/c1-11-7-15(8-12(2)17(11)21-3)18-14-6-4-5-13(9-14)10-16(19)20/h4-9,18H,10H2,1-3H3,(H,19,20). The quantitative estimate of drug-likeness (QED) is 0.879. The predicted molar refractivity (Wildman–Crippen MR) is 83.5 cm³/mol. The summed E-state index contributed by atoms with van der Waals surface area (Å²) < 4.78 is 5.35. The lowest BCUT2D eigenvalue weighted by atomic mass is 10.1. The zero-order valence-corrected chi connectivity index (χ0v) is 12.4. The molecule has 0 amide bonds. The molecule has 0 spiro atoms. The van der Waals surface area contributed by atoms with Crippen LogP contribution in [-0.4, -0.2) is 18.2 Å². The first-order valence-electron chi connectivity index (χ1n) is 6.72. The van der Waals surface area contributed by atoms with E-state index < -0.39 is 5.97 Å². The van der Waals surface area contributed by atoms with Gasteiger partial charge in [0.05, 0.1) is 13.5 Å². The molecule has 0 aliphatic carbocycles. The molecule has 0 saturated heterocycles. The fourth-order valence-corrected chi connectivity index (χ4v) is 2.44. The predicted octanol–water partition coefficient (Wildman–Crippen LogP) is 3.68. The zero-order chi connectivity index (χ0) is 15.4. The summed E-state index contributed by atoms with van der Waals surface area (Å²) in [6.45, 7) is 4.00. The lowest BCUT2D eigenvalue weighted by molar-refractivity contribution is -0.136. The van der Waals surface area contributed by atoms with Crippen molar-refractivity contribution in [2.45, 2.75) is 20.3 Å². The zero-order valence-electron chi connectivity index (χ0n) is 12.4. The van der Waals surface area contributed by atoms with Crippen LogP contribution in [0.4, 0.5) is 11.4 Å². The summed E-state index contributed by atoms with van der Waals surface area (Å²) in [5.74, 6) is 0.0588. The van der Waals surface area contributed by atoms with Crippen LogP contribution in [0.2, 0.25) is 0 Å². The fourth-order valence-electron chi connectivity index (χ4n) is 2.44. The number of rotatable bonds is 5. The van der Waals surface area contributed by atoms with Crippen molar-refractivity contribution in [3.63, 3.8) is 0 Å². The van der Waals surface area contributed by atoms with Crippen LogP contribution in [0.5, 0.6) is 5.75 Å². The number of aliphatic carboxylic acids is 1. The van der Waals surface area contributed by atoms with Crippen LogP contribution in [0.15, 0.2) is 36.4 Å². The molecular formula is C17H19NO3. The summed E-state index contributed by atoms with van der Waals surface area (Å²) >= 11 is 0. The maximum absolute atomic E-state index is 10.8. The molecule has 0 aliphatic heterocycles. The van der Waals surface area contributed by atoms with E-state index >= 15 is 0 Å². The van der Waals surface area contributed by atoms with Crippen molar-refractivity contribution in [2.75, 3.05) is 12.4 Å². The Bertz CT molecular complexity index is 642. The van der Waals surface area contributed by atoms with Gasteiger partial charge >= 0.3 is 5.97 Å². The fraction of sp³-hybridized carbons (Fsp3) is 0.235. The minimum atomic E-state index is -0.830. The number of aryl methyl sites for hydroxylation is 2. The van der Waals surface area contributed by atoms with E-state index in [0.717, 1.165) is 33.8 Å². The molecule has 21 heavy (non-hydrogen) atoms. The number of nitrogens with one attached hydrogen (secondary N) is 1. The van der Waals surface area contributed by atoms with Crippen molar-refractivity contribution in [1.29, 1.82) is 0 Å². The molecule has 0 radical (unpaired) electrons. The van der Waals surface area contributed by atoms with Crippen LogP contribution in [-0.2, 0) is 11.2 Å². The van der Waals surface area contributed by atoms with E-state index in [4.69, 9.17) is 9.84 Å². The van der Waals surface area contributed by atoms with Gasteiger partial charge in [-0.3, -0.25) is 4.79 Å². The third kappa shape index (κ3) is 3.75. The number of methoxy groups -OCH3 is 1. The third-order valence-electron chi connectivity index (χ3n) is 3.24. The molecule has 2 N–H and O–H groups in total. The molecule has 0 unspecified atom stereocenters. The Hall–Kier alpha value is -2.49. The number of anilines is 2. The summed E-state index contributed by atoms with van der Waals surface area (Å²) in [6, 6.07) is 11.4. The average molecular weight is 285 g/mol. The van der Waals surface area contributed by atoms with E-state index in [1.165, 1.54) is 0 Å². The van der Waals surface area contributed by atoms with Gasteiger partial charge in [0.15, 0.2) is 0 Å². The molecule has 110 valence electrons. The molecule has 0 heterocycles. The number of benzene rings is 2. The Morgan fingerprint density at radius 3 is 2.38 bits per heavy atom. The highest BCUT2D eigenvalue weighted by Crippen LogP contribution is 2.28. The van der Waals surface area contributed by atoms with E-state index in [-0.39, 0.29) is 6.42 Å². The second kappa shape index (κ2) is 6.31. The second-order valence-electron chi connectivity index (χ2n) is 5.04. The number of carbonyl (C=O) groups is 1. The molecule has 0 bridgehead atoms. The van der Waals surface area contributed by atoms with Crippen molar-refractivity contribution in [1.82, 2.24) is 0 Å². The van der Waals surface area contributed by atoms with Gasteiger partial charge in [-0.25, -0.2) is 0 Å². The number of ether oxygens (including phenoxy) is 1. The topological polar surface area (TPSA) is 58.6 Å². The number of carboxylic acid groups (broad SMARTS) is 1. The maximum Gasteiger partial charge on any atom is 0.307 e. The van der Waals surface area contributed by atoms with Gasteiger partial charge in [0.2, 0.25) is 0 Å². The van der Waals surface area contributed by atoms with Crippen LogP contribution in [0.1, 0.15) is 16.7 Å². The van der Waals surface area contributed by atoms with E-state index in [1.807, 2.05) is 50.2 Å². The van der Waals surface area contributed by atoms with Crippen LogP contribution in [0, 0.1) is 13.8 Å². The monoisotopic (exact) mass is 285 g/mol. The Morgan fingerprint density at radius 2 is 1.81 bits per heavy atom. The van der Waals surface area contributed by atoms with E-state index in [2.05, 4.69) is 5.32 Å². The van der Waals surface area contributed by atoms with Crippen LogP contribution in [0.3, 0.4) is 0 Å². The Morgan fingerprint density at radius 1 is 1.14 bits per heavy atom. The van der Waals surface area contributed by atoms with Crippen molar-refractivity contribution in [3.05, 3.63) is 53.1 Å². The van der Waals surface area contributed by atoms with Gasteiger partial charge in [0.1, 0.15) is 5.75 Å². The van der Waals surface area contributed by atoms with Crippen LogP contribution >= 0.6 is 0 Å². The van der Waals surface area contributed by atoms with E-state index in [9.17, 15) is 4.79 Å². The largest absolute Gasteiger partial charge is 0.496 e. The van der Waals surface area contributed by atoms with Crippen molar-refractivity contribution >= 4 is 17.3 Å². The molecule has 0 aromatic heterocycles. The summed E-state index contributed by atoms with van der Waals surface area (Å²) in [6.07, 6.45) is 0.0240. The van der Waals surface area contributed by atoms with Crippen LogP contribution < -0.4 is 10.1 Å². The first kappa shape index (κ1) is 14.9. The number of carboxylic acids is 1. The lowest BCUT2D eigenvalue weighted by Crippen LogP contribution is -2.01. The second-order valence-corrected chi connectivity index (χ2v) is 5.04. The Labute approximate surface area is 124 Å². The van der Waals surface area contributed by atoms with Gasteiger partial charge in [0.25, 0.3) is 0 Å². The minimum Gasteiger partial charge on any atom is -0.496 e. The molecule has 0 aliphatic rings. The molecule has 0 saturated carbocycles. The normalized spacial score (nSPS) is 10.2. The SMILES string of the molecule is COc1c(C)cc(Nc2cccc(CC(=O)O)c2)cc1C. The molecule has 2 aromatic rings. The lowest BCUT2D eigenvalue weighted by Gasteiger charge is -2.13. The summed E-state index contributed by atoms with van der Waals surface area (Å²) in [4.78, 5) is 10.8. The molecule has 0 fully saturated rings. The van der Waals surface area contributed by atoms with Crippen molar-refractivity contribution < 1.29 is 14.6 Å². The van der Waals surface area contributed by atoms with Gasteiger partial charge in [-0.1, -0.05) is 12.1 Å². The number of hydrogen-bond donors (Lipinski definition) is 2. The highest BCUT2D eigenvalue weighted by Gasteiger charge is 2.06. The molecule has 2 aromatic carbocycles. The Kier molecular flexibility index (Phi) is 4.48. The third-order valence-corrected chi connectivity index (χ3v) is 3.24. The summed E-state index contributed by atoms with van der Waals surface area (Å²) in [7, 11) is 1.66. The maximum atomic E-state index is 10.8. The molecule has 2 rings (SSSR count). The molecular weight excluding hydrogens is 266 g/mol. The van der Waals surface area contributed by atoms with Gasteiger partial charge < -0.3 is 15.2 Å². The highest BCUT2D eigenvalue weighted by atomic mass is 16.5. The summed E-state index contributed by atoms with van der Waals surface area (Å²) in [5, 5.41) is 12.1. The van der Waals surface area contributed by atoms with Crippen molar-refractivity contribution in [2.24, 2.45) is 0 Å². The highest BCUT2D eigenvalue weighted by molar-refractivity contribution is 5.71. The molecule has 4 heteroatoms. The van der Waals surface area contributed by atoms with Gasteiger partial charge in [0, 0.05) is 11.4 Å². The van der Waals surface area contributed by atoms with Gasteiger partial charge in [-0.05, 0) is 54.8 Å². The Balaban J connectivity index is 2.24. The van der Waals surface area contributed by atoms with Gasteiger partial charge in [-0.15, -0.1) is 0 Å². The van der Waals surface area contributed by atoms with E-state index in [1.54, 1.807) is 7.11 Å². The first-order chi connectivity index (χ1) is 9.99. The smallest absolute Gasteiger partial charge is 0.307 e. The average Bonchev–Trinajstić information content (AvgIpc) is 2.37. The minimum absolute atomic E-state index is 0.0240. The molecule has 0 atom stereocenters. The van der Waals surface area contributed by atoms with Crippen molar-refractivity contribution in [3.8, 4) is 5.75 Å². The number of hydrogen-bond acceptors (Lipinski definition) is 3. The summed E-state index contributed by atoms with van der Waals surface area (Å²) in [5.41, 5.74) is 4.72. The van der Waals surface area contributed by atoms with E-state index in [0.29, 0.717) is 0 Å². The van der Waals surface area contributed by atoms with Crippen LogP contribution in [0.25, 0.3) is 0 Å². The first-order valence-corrected chi connectivity index (χ1v) is 6.72.